The Morgan fingerprint density at radius 3 is 2.61 bits per heavy atom. The molecule has 0 amide bonds. The maximum absolute atomic E-state index is 8.77. The molecule has 4 aliphatic carbocycles. The van der Waals surface area contributed by atoms with E-state index in [9.17, 15) is 0 Å². The Morgan fingerprint density at radius 1 is 1.03 bits per heavy atom. The van der Waals surface area contributed by atoms with Crippen molar-refractivity contribution in [2.75, 3.05) is 6.61 Å². The number of nitriles is 1. The molecule has 33 heavy (non-hydrogen) atoms. The third kappa shape index (κ3) is 4.96. The van der Waals surface area contributed by atoms with Gasteiger partial charge >= 0.3 is 0 Å². The molecule has 0 saturated heterocycles. The summed E-state index contributed by atoms with van der Waals surface area (Å²) in [6.07, 6.45) is 19.7. The highest BCUT2D eigenvalue weighted by atomic mass is 16.5. The average Bonchev–Trinajstić information content (AvgIpc) is 3.14. The Balaban J connectivity index is 1.40. The van der Waals surface area contributed by atoms with E-state index in [-0.39, 0.29) is 0 Å². The maximum atomic E-state index is 8.77. The Hall–Kier alpha value is -0.810. The van der Waals surface area contributed by atoms with Crippen molar-refractivity contribution < 1.29 is 4.74 Å². The van der Waals surface area contributed by atoms with Crippen LogP contribution in [0.4, 0.5) is 0 Å². The molecule has 3 saturated carbocycles. The Labute approximate surface area is 204 Å². The summed E-state index contributed by atoms with van der Waals surface area (Å²) in [5, 5.41) is 8.77. The molecule has 0 aromatic carbocycles. The van der Waals surface area contributed by atoms with Gasteiger partial charge < -0.3 is 4.74 Å². The minimum absolute atomic E-state index is 0.385. The molecule has 2 nitrogen and oxygen atoms in total. The van der Waals surface area contributed by atoms with Crippen LogP contribution in [0.15, 0.2) is 11.6 Å². The van der Waals surface area contributed by atoms with Crippen molar-refractivity contribution in [2.45, 2.75) is 124 Å². The summed E-state index contributed by atoms with van der Waals surface area (Å²) in [5.74, 6) is 5.45. The van der Waals surface area contributed by atoms with E-state index < -0.39 is 0 Å². The highest BCUT2D eigenvalue weighted by molar-refractivity contribution is 5.25. The lowest BCUT2D eigenvalue weighted by Crippen LogP contribution is -2.51. The van der Waals surface area contributed by atoms with Gasteiger partial charge in [-0.2, -0.15) is 5.26 Å². The number of unbranched alkanes of at least 4 members (excludes halogenated alkanes) is 1. The van der Waals surface area contributed by atoms with E-state index in [0.29, 0.717) is 23.4 Å². The summed E-state index contributed by atoms with van der Waals surface area (Å²) in [4.78, 5) is 0. The molecule has 186 valence electrons. The van der Waals surface area contributed by atoms with Crippen molar-refractivity contribution in [3.05, 3.63) is 11.6 Å². The Morgan fingerprint density at radius 2 is 1.85 bits per heavy atom. The summed E-state index contributed by atoms with van der Waals surface area (Å²) >= 11 is 0. The second-order valence-electron chi connectivity index (χ2n) is 13.3. The molecule has 8 atom stereocenters. The van der Waals surface area contributed by atoms with Gasteiger partial charge in [0, 0.05) is 13.0 Å². The van der Waals surface area contributed by atoms with Crippen LogP contribution < -0.4 is 0 Å². The predicted octanol–water partition coefficient (Wildman–Crippen LogP) is 8.72. The third-order valence-corrected chi connectivity index (χ3v) is 11.0. The van der Waals surface area contributed by atoms with Gasteiger partial charge in [0.1, 0.15) is 0 Å². The first kappa shape index (κ1) is 25.3. The number of hydrogen-bond acceptors (Lipinski definition) is 2. The fourth-order valence-corrected chi connectivity index (χ4v) is 9.20. The average molecular weight is 454 g/mol. The van der Waals surface area contributed by atoms with Gasteiger partial charge in [-0.15, -0.1) is 0 Å². The molecule has 0 spiro atoms. The zero-order valence-corrected chi connectivity index (χ0v) is 22.4. The number of allylic oxidation sites excluding steroid dienone is 1. The molecule has 4 aliphatic rings. The van der Waals surface area contributed by atoms with Gasteiger partial charge in [0.2, 0.25) is 0 Å². The van der Waals surface area contributed by atoms with E-state index in [1.807, 2.05) is 0 Å². The monoisotopic (exact) mass is 453 g/mol. The van der Waals surface area contributed by atoms with Crippen LogP contribution in [0.5, 0.6) is 0 Å². The molecule has 3 unspecified atom stereocenters. The summed E-state index contributed by atoms with van der Waals surface area (Å²) in [6, 6.07) is 2.24. The van der Waals surface area contributed by atoms with Gasteiger partial charge in [-0.05, 0) is 104 Å². The fourth-order valence-electron chi connectivity index (χ4n) is 9.20. The third-order valence-electron chi connectivity index (χ3n) is 11.0. The van der Waals surface area contributed by atoms with Crippen LogP contribution >= 0.6 is 0 Å². The second kappa shape index (κ2) is 10.4. The maximum Gasteiger partial charge on any atom is 0.0622 e. The normalized spacial score (nSPS) is 41.0. The number of nitrogens with zero attached hydrogens (tertiary/aromatic N) is 1. The van der Waals surface area contributed by atoms with Crippen LogP contribution in [-0.2, 0) is 4.74 Å². The van der Waals surface area contributed by atoms with Crippen molar-refractivity contribution in [1.29, 1.82) is 5.26 Å². The zero-order chi connectivity index (χ0) is 23.6. The molecule has 0 heterocycles. The summed E-state index contributed by atoms with van der Waals surface area (Å²) < 4.78 is 6.20. The largest absolute Gasteiger partial charge is 0.378 e. The number of rotatable bonds is 9. The number of hydrogen-bond donors (Lipinski definition) is 0. The first-order valence-corrected chi connectivity index (χ1v) is 14.5. The molecule has 0 aliphatic heterocycles. The van der Waals surface area contributed by atoms with E-state index in [1.54, 1.807) is 5.57 Å². The summed E-state index contributed by atoms with van der Waals surface area (Å²) in [7, 11) is 0. The van der Waals surface area contributed by atoms with E-state index in [1.165, 1.54) is 64.2 Å². The van der Waals surface area contributed by atoms with E-state index >= 15 is 0 Å². The van der Waals surface area contributed by atoms with Crippen LogP contribution in [-0.4, -0.2) is 12.7 Å². The standard InChI is InChI=1S/C31H51NO/c1-22(2)9-8-10-23(3)27-13-14-28-26-12-11-24-21-25(33-20-7-6-19-32)15-17-30(24,4)29(26)16-18-31(27,28)5/h11,22-23,25-29H,6-10,12-18,20-21H2,1-5H3/t23-,25+,26?,27-,28?,29?,30+,31-/m1/s1. The molecule has 4 rings (SSSR count). The van der Waals surface area contributed by atoms with E-state index in [0.717, 1.165) is 55.0 Å². The number of ether oxygens (including phenoxy) is 1. The Kier molecular flexibility index (Phi) is 8.00. The van der Waals surface area contributed by atoms with Crippen LogP contribution in [0.3, 0.4) is 0 Å². The fraction of sp³-hybridized carbons (Fsp3) is 0.903. The van der Waals surface area contributed by atoms with E-state index in [4.69, 9.17) is 10.00 Å². The topological polar surface area (TPSA) is 33.0 Å². The number of fused-ring (bicyclic) bond motifs is 5. The van der Waals surface area contributed by atoms with Crippen LogP contribution in [0.25, 0.3) is 0 Å². The van der Waals surface area contributed by atoms with E-state index in [2.05, 4.69) is 46.8 Å². The molecule has 0 N–H and O–H groups in total. The molecule has 0 aromatic rings. The molecule has 2 heteroatoms. The van der Waals surface area contributed by atoms with Crippen LogP contribution in [0, 0.1) is 57.7 Å². The van der Waals surface area contributed by atoms with Crippen LogP contribution in [0.1, 0.15) is 118 Å². The SMILES string of the molecule is CC(C)CCC[C@@H](C)[C@H]1CCC2C3CC=C4C[C@@H](OCCCC#N)CC[C@]4(C)C3CC[C@@]21C. The molecular weight excluding hydrogens is 402 g/mol. The first-order chi connectivity index (χ1) is 15.8. The molecular formula is C31H51NO. The van der Waals surface area contributed by atoms with Crippen molar-refractivity contribution in [1.82, 2.24) is 0 Å². The molecule has 0 radical (unpaired) electrons. The Bertz CT molecular complexity index is 734. The van der Waals surface area contributed by atoms with Crippen molar-refractivity contribution in [2.24, 2.45) is 46.3 Å². The van der Waals surface area contributed by atoms with Gasteiger partial charge in [-0.25, -0.2) is 0 Å². The smallest absolute Gasteiger partial charge is 0.0622 e. The lowest BCUT2D eigenvalue weighted by atomic mass is 9.47. The lowest BCUT2D eigenvalue weighted by Gasteiger charge is -2.58. The minimum Gasteiger partial charge on any atom is -0.378 e. The van der Waals surface area contributed by atoms with Crippen molar-refractivity contribution in [3.8, 4) is 6.07 Å². The van der Waals surface area contributed by atoms with Crippen molar-refractivity contribution in [3.63, 3.8) is 0 Å². The molecule has 0 bridgehead atoms. The zero-order valence-electron chi connectivity index (χ0n) is 22.4. The minimum atomic E-state index is 0.385. The quantitative estimate of drug-likeness (QED) is 0.258. The van der Waals surface area contributed by atoms with Gasteiger partial charge in [0.05, 0.1) is 12.2 Å². The van der Waals surface area contributed by atoms with Gasteiger partial charge in [0.25, 0.3) is 0 Å². The van der Waals surface area contributed by atoms with Gasteiger partial charge in [-0.1, -0.05) is 65.5 Å². The lowest BCUT2D eigenvalue weighted by molar-refractivity contribution is -0.0640. The van der Waals surface area contributed by atoms with Gasteiger partial charge in [0.15, 0.2) is 0 Å². The summed E-state index contributed by atoms with van der Waals surface area (Å²) in [5.41, 5.74) is 2.72. The second-order valence-corrected chi connectivity index (χ2v) is 13.3. The van der Waals surface area contributed by atoms with Gasteiger partial charge in [-0.3, -0.25) is 0 Å². The van der Waals surface area contributed by atoms with Crippen LogP contribution in [0.2, 0.25) is 0 Å². The predicted molar refractivity (Wildman–Crippen MR) is 138 cm³/mol. The highest BCUT2D eigenvalue weighted by Gasteiger charge is 2.59. The first-order valence-electron chi connectivity index (χ1n) is 14.5. The molecule has 0 aromatic heterocycles. The molecule has 3 fully saturated rings. The van der Waals surface area contributed by atoms with Crippen molar-refractivity contribution >= 4 is 0 Å². The summed E-state index contributed by atoms with van der Waals surface area (Å²) in [6.45, 7) is 13.4. The highest BCUT2D eigenvalue weighted by Crippen LogP contribution is 2.67.